The second-order valence-electron chi connectivity index (χ2n) is 4.20. The van der Waals surface area contributed by atoms with Crippen molar-refractivity contribution in [3.63, 3.8) is 0 Å². The second kappa shape index (κ2) is 5.01. The summed E-state index contributed by atoms with van der Waals surface area (Å²) in [7, 11) is 1.67. The van der Waals surface area contributed by atoms with E-state index in [1.54, 1.807) is 7.11 Å². The Labute approximate surface area is 119 Å². The van der Waals surface area contributed by atoms with Crippen molar-refractivity contribution in [2.75, 3.05) is 7.11 Å². The molecule has 0 aliphatic carbocycles. The molecular weight excluding hydrogens is 306 g/mol. The third-order valence-corrected chi connectivity index (χ3v) is 3.40. The van der Waals surface area contributed by atoms with E-state index in [9.17, 15) is 0 Å². The fraction of sp³-hybridized carbons (Fsp3) is 0.143. The van der Waals surface area contributed by atoms with Gasteiger partial charge < -0.3 is 9.30 Å². The monoisotopic (exact) mass is 317 g/mol. The van der Waals surface area contributed by atoms with E-state index in [1.807, 2.05) is 30.6 Å². The molecule has 0 atom stereocenters. The number of fused-ring (bicyclic) bond motifs is 1. The lowest BCUT2D eigenvalue weighted by molar-refractivity contribution is 0.414. The van der Waals surface area contributed by atoms with Crippen molar-refractivity contribution in [1.82, 2.24) is 14.5 Å². The molecule has 5 heteroatoms. The molecule has 3 aromatic rings. The van der Waals surface area contributed by atoms with Crippen LogP contribution in [0.15, 0.2) is 47.3 Å². The maximum atomic E-state index is 5.15. The van der Waals surface area contributed by atoms with Crippen LogP contribution in [0.25, 0.3) is 11.2 Å². The van der Waals surface area contributed by atoms with Gasteiger partial charge in [-0.3, -0.25) is 0 Å². The summed E-state index contributed by atoms with van der Waals surface area (Å²) in [6, 6.07) is 12.0. The fourth-order valence-corrected chi connectivity index (χ4v) is 2.28. The minimum atomic E-state index is 0.753. The lowest BCUT2D eigenvalue weighted by Crippen LogP contribution is -1.98. The van der Waals surface area contributed by atoms with Crippen molar-refractivity contribution < 1.29 is 4.74 Å². The highest BCUT2D eigenvalue weighted by atomic mass is 79.9. The predicted octanol–water partition coefficient (Wildman–Crippen LogP) is 3.25. The molecule has 0 radical (unpaired) electrons. The number of benzene rings is 1. The Bertz CT molecular complexity index is 706. The van der Waals surface area contributed by atoms with Crippen LogP contribution in [0.2, 0.25) is 0 Å². The van der Waals surface area contributed by atoms with Gasteiger partial charge in [-0.15, -0.1) is 0 Å². The van der Waals surface area contributed by atoms with Crippen molar-refractivity contribution >= 4 is 27.1 Å². The number of nitrogens with zero attached hydrogens (tertiary/aromatic N) is 3. The number of methoxy groups -OCH3 is 1. The third-order valence-electron chi connectivity index (χ3n) is 2.96. The summed E-state index contributed by atoms with van der Waals surface area (Å²) in [5.74, 6) is 0.866. The number of rotatable bonds is 3. The standard InChI is InChI=1S/C14H12BrN3O/c1-19-11-4-2-10(3-5-11)8-18-9-16-14-12(18)6-7-13(15)17-14/h2-7,9H,8H2,1H3. The van der Waals surface area contributed by atoms with Crippen LogP contribution in [0, 0.1) is 0 Å². The molecule has 2 heterocycles. The Balaban J connectivity index is 1.92. The molecule has 0 spiro atoms. The molecule has 0 saturated carbocycles. The molecule has 19 heavy (non-hydrogen) atoms. The molecule has 0 unspecified atom stereocenters. The van der Waals surface area contributed by atoms with Gasteiger partial charge in [0.05, 0.1) is 19.0 Å². The molecule has 96 valence electrons. The highest BCUT2D eigenvalue weighted by Crippen LogP contribution is 2.17. The van der Waals surface area contributed by atoms with E-state index in [1.165, 1.54) is 5.56 Å². The molecule has 2 aromatic heterocycles. The van der Waals surface area contributed by atoms with Gasteiger partial charge in [0.25, 0.3) is 0 Å². The molecule has 0 bridgehead atoms. The van der Waals surface area contributed by atoms with Gasteiger partial charge in [0.15, 0.2) is 5.65 Å². The van der Waals surface area contributed by atoms with E-state index in [2.05, 4.69) is 42.6 Å². The van der Waals surface area contributed by atoms with Gasteiger partial charge in [-0.1, -0.05) is 12.1 Å². The molecule has 0 fully saturated rings. The first-order valence-electron chi connectivity index (χ1n) is 5.86. The van der Waals surface area contributed by atoms with Gasteiger partial charge in [0.1, 0.15) is 10.4 Å². The molecule has 3 rings (SSSR count). The average molecular weight is 318 g/mol. The first kappa shape index (κ1) is 12.2. The predicted molar refractivity (Wildman–Crippen MR) is 77.3 cm³/mol. The SMILES string of the molecule is COc1ccc(Cn2cnc3nc(Br)ccc32)cc1. The van der Waals surface area contributed by atoms with Gasteiger partial charge in [-0.2, -0.15) is 0 Å². The van der Waals surface area contributed by atoms with Crippen molar-refractivity contribution in [3.05, 3.63) is 52.9 Å². The van der Waals surface area contributed by atoms with Crippen LogP contribution < -0.4 is 4.74 Å². The molecule has 1 aromatic carbocycles. The number of aromatic nitrogens is 3. The van der Waals surface area contributed by atoms with Crippen molar-refractivity contribution in [2.45, 2.75) is 6.54 Å². The molecule has 0 aliphatic heterocycles. The zero-order chi connectivity index (χ0) is 13.2. The van der Waals surface area contributed by atoms with Crippen LogP contribution in [0.5, 0.6) is 5.75 Å². The topological polar surface area (TPSA) is 39.9 Å². The zero-order valence-electron chi connectivity index (χ0n) is 10.4. The van der Waals surface area contributed by atoms with Crippen molar-refractivity contribution in [3.8, 4) is 5.75 Å². The highest BCUT2D eigenvalue weighted by Gasteiger charge is 2.05. The van der Waals surface area contributed by atoms with Gasteiger partial charge in [0.2, 0.25) is 0 Å². The van der Waals surface area contributed by atoms with Crippen LogP contribution in [0.4, 0.5) is 0 Å². The number of hydrogen-bond donors (Lipinski definition) is 0. The minimum absolute atomic E-state index is 0.753. The van der Waals surface area contributed by atoms with E-state index in [0.717, 1.165) is 28.1 Å². The number of ether oxygens (including phenoxy) is 1. The Morgan fingerprint density at radius 1 is 1.16 bits per heavy atom. The summed E-state index contributed by atoms with van der Waals surface area (Å²) in [6.07, 6.45) is 1.81. The Morgan fingerprint density at radius 2 is 1.95 bits per heavy atom. The zero-order valence-corrected chi connectivity index (χ0v) is 12.0. The molecule has 4 nitrogen and oxygen atoms in total. The summed E-state index contributed by atoms with van der Waals surface area (Å²) in [5.41, 5.74) is 2.98. The highest BCUT2D eigenvalue weighted by molar-refractivity contribution is 9.10. The number of hydrogen-bond acceptors (Lipinski definition) is 3. The third kappa shape index (κ3) is 2.46. The summed E-state index contributed by atoms with van der Waals surface area (Å²) >= 11 is 3.35. The van der Waals surface area contributed by atoms with Crippen LogP contribution in [-0.4, -0.2) is 21.6 Å². The summed E-state index contributed by atoms with van der Waals surface area (Å²) in [6.45, 7) is 0.768. The Kier molecular flexibility index (Phi) is 3.21. The van der Waals surface area contributed by atoms with Gasteiger partial charge in [-0.05, 0) is 45.8 Å². The quantitative estimate of drug-likeness (QED) is 0.696. The van der Waals surface area contributed by atoms with E-state index >= 15 is 0 Å². The Morgan fingerprint density at radius 3 is 2.68 bits per heavy atom. The summed E-state index contributed by atoms with van der Waals surface area (Å²) in [5, 5.41) is 0. The maximum Gasteiger partial charge on any atom is 0.178 e. The maximum absolute atomic E-state index is 5.15. The second-order valence-corrected chi connectivity index (χ2v) is 5.01. The molecule has 0 saturated heterocycles. The smallest absolute Gasteiger partial charge is 0.178 e. The first-order chi connectivity index (χ1) is 9.26. The van der Waals surface area contributed by atoms with E-state index < -0.39 is 0 Å². The fourth-order valence-electron chi connectivity index (χ4n) is 1.98. The normalized spacial score (nSPS) is 10.8. The van der Waals surface area contributed by atoms with E-state index in [0.29, 0.717) is 0 Å². The minimum Gasteiger partial charge on any atom is -0.497 e. The van der Waals surface area contributed by atoms with Crippen molar-refractivity contribution in [2.24, 2.45) is 0 Å². The molecule has 0 N–H and O–H groups in total. The van der Waals surface area contributed by atoms with Gasteiger partial charge in [0, 0.05) is 6.54 Å². The summed E-state index contributed by atoms with van der Waals surface area (Å²) in [4.78, 5) is 8.64. The van der Waals surface area contributed by atoms with Crippen LogP contribution >= 0.6 is 15.9 Å². The average Bonchev–Trinajstić information content (AvgIpc) is 2.82. The lowest BCUT2D eigenvalue weighted by atomic mass is 10.2. The largest absolute Gasteiger partial charge is 0.497 e. The van der Waals surface area contributed by atoms with Crippen LogP contribution in [-0.2, 0) is 6.54 Å². The van der Waals surface area contributed by atoms with Gasteiger partial charge >= 0.3 is 0 Å². The van der Waals surface area contributed by atoms with E-state index in [4.69, 9.17) is 4.74 Å². The molecule has 0 amide bonds. The lowest BCUT2D eigenvalue weighted by Gasteiger charge is -2.05. The number of halogens is 1. The van der Waals surface area contributed by atoms with Crippen LogP contribution in [0.3, 0.4) is 0 Å². The first-order valence-corrected chi connectivity index (χ1v) is 6.66. The van der Waals surface area contributed by atoms with Crippen LogP contribution in [0.1, 0.15) is 5.56 Å². The number of pyridine rings is 1. The number of imidazole rings is 1. The Hall–Kier alpha value is -1.88. The van der Waals surface area contributed by atoms with E-state index in [-0.39, 0.29) is 0 Å². The molecular formula is C14H12BrN3O. The van der Waals surface area contributed by atoms with Gasteiger partial charge in [-0.25, -0.2) is 9.97 Å². The molecule has 0 aliphatic rings. The summed E-state index contributed by atoms with van der Waals surface area (Å²) < 4.78 is 8.03. The van der Waals surface area contributed by atoms with Crippen molar-refractivity contribution in [1.29, 1.82) is 0 Å².